The molecule has 0 aliphatic carbocycles. The van der Waals surface area contributed by atoms with Gasteiger partial charge in [0.05, 0.1) is 7.11 Å². The maximum absolute atomic E-state index is 12.7. The number of hydrogen-bond acceptors (Lipinski definition) is 2. The van der Waals surface area contributed by atoms with Crippen LogP contribution in [0, 0.1) is 0 Å². The van der Waals surface area contributed by atoms with Gasteiger partial charge in [-0.25, -0.2) is 0 Å². The molecule has 0 N–H and O–H groups in total. The van der Waals surface area contributed by atoms with Crippen molar-refractivity contribution < 1.29 is 9.53 Å². The van der Waals surface area contributed by atoms with Crippen LogP contribution >= 0.6 is 0 Å². The molecule has 3 aromatic rings. The van der Waals surface area contributed by atoms with Crippen molar-refractivity contribution in [2.24, 2.45) is 0 Å². The van der Waals surface area contributed by atoms with Crippen LogP contribution in [0.25, 0.3) is 10.9 Å². The van der Waals surface area contributed by atoms with Gasteiger partial charge in [-0.05, 0) is 25.1 Å². The van der Waals surface area contributed by atoms with Crippen LogP contribution in [-0.4, -0.2) is 17.5 Å². The van der Waals surface area contributed by atoms with Crippen molar-refractivity contribution in [2.75, 3.05) is 7.11 Å². The summed E-state index contributed by atoms with van der Waals surface area (Å²) < 4.78 is 7.37. The number of nitrogens with zero attached hydrogens (tertiary/aromatic N) is 1. The number of carbonyl (C=O) groups excluding carboxylic acids is 1. The number of benzene rings is 2. The maximum Gasteiger partial charge on any atom is 0.195 e. The third-order valence-electron chi connectivity index (χ3n) is 3.71. The molecule has 0 spiro atoms. The van der Waals surface area contributed by atoms with E-state index in [0.29, 0.717) is 5.56 Å². The monoisotopic (exact) mass is 279 g/mol. The van der Waals surface area contributed by atoms with Gasteiger partial charge in [-0.3, -0.25) is 4.79 Å². The first kappa shape index (κ1) is 13.4. The highest BCUT2D eigenvalue weighted by Crippen LogP contribution is 2.27. The summed E-state index contributed by atoms with van der Waals surface area (Å²) in [7, 11) is 1.64. The smallest absolute Gasteiger partial charge is 0.195 e. The zero-order valence-electron chi connectivity index (χ0n) is 12.2. The minimum absolute atomic E-state index is 0.0426. The fourth-order valence-corrected chi connectivity index (χ4v) is 2.59. The van der Waals surface area contributed by atoms with Crippen molar-refractivity contribution in [3.05, 3.63) is 65.9 Å². The number of ether oxygens (including phenoxy) is 1. The number of ketones is 1. The number of fused-ring (bicyclic) bond motifs is 1. The number of hydrogen-bond donors (Lipinski definition) is 0. The fraction of sp³-hybridized carbons (Fsp3) is 0.167. The van der Waals surface area contributed by atoms with E-state index in [0.717, 1.165) is 28.8 Å². The largest absolute Gasteiger partial charge is 0.497 e. The van der Waals surface area contributed by atoms with Crippen molar-refractivity contribution in [1.82, 2.24) is 4.57 Å². The lowest BCUT2D eigenvalue weighted by atomic mass is 10.0. The second-order valence-corrected chi connectivity index (χ2v) is 4.91. The van der Waals surface area contributed by atoms with Gasteiger partial charge in [0.15, 0.2) is 5.78 Å². The summed E-state index contributed by atoms with van der Waals surface area (Å²) in [6.45, 7) is 2.89. The van der Waals surface area contributed by atoms with Gasteiger partial charge in [0.1, 0.15) is 5.75 Å². The van der Waals surface area contributed by atoms with E-state index in [-0.39, 0.29) is 5.78 Å². The molecule has 106 valence electrons. The van der Waals surface area contributed by atoms with Gasteiger partial charge in [-0.2, -0.15) is 0 Å². The third-order valence-corrected chi connectivity index (χ3v) is 3.71. The number of rotatable bonds is 4. The lowest BCUT2D eigenvalue weighted by Gasteiger charge is -2.03. The molecule has 0 saturated carbocycles. The summed E-state index contributed by atoms with van der Waals surface area (Å²) >= 11 is 0. The van der Waals surface area contributed by atoms with Crippen LogP contribution in [0.1, 0.15) is 22.8 Å². The molecule has 0 saturated heterocycles. The van der Waals surface area contributed by atoms with Crippen molar-refractivity contribution in [3.63, 3.8) is 0 Å². The Balaban J connectivity index is 2.19. The fourth-order valence-electron chi connectivity index (χ4n) is 2.59. The van der Waals surface area contributed by atoms with Gasteiger partial charge in [-0.15, -0.1) is 0 Å². The van der Waals surface area contributed by atoms with Crippen molar-refractivity contribution in [3.8, 4) is 5.75 Å². The zero-order valence-corrected chi connectivity index (χ0v) is 12.2. The van der Waals surface area contributed by atoms with Crippen LogP contribution in [-0.2, 0) is 6.54 Å². The molecule has 2 aromatic carbocycles. The minimum Gasteiger partial charge on any atom is -0.497 e. The first-order valence-electron chi connectivity index (χ1n) is 7.01. The Bertz CT molecular complexity index is 788. The molecule has 0 unspecified atom stereocenters. The van der Waals surface area contributed by atoms with E-state index in [1.54, 1.807) is 7.11 Å². The number of carbonyl (C=O) groups is 1. The Kier molecular flexibility index (Phi) is 3.48. The molecule has 3 nitrogen and oxygen atoms in total. The Morgan fingerprint density at radius 2 is 1.90 bits per heavy atom. The second-order valence-electron chi connectivity index (χ2n) is 4.91. The van der Waals surface area contributed by atoms with Crippen LogP contribution in [0.5, 0.6) is 5.75 Å². The molecule has 1 heterocycles. The van der Waals surface area contributed by atoms with Gasteiger partial charge >= 0.3 is 0 Å². The lowest BCUT2D eigenvalue weighted by molar-refractivity contribution is 0.104. The van der Waals surface area contributed by atoms with Crippen LogP contribution in [0.3, 0.4) is 0 Å². The van der Waals surface area contributed by atoms with Crippen molar-refractivity contribution >= 4 is 16.7 Å². The molecule has 1 aromatic heterocycles. The second kappa shape index (κ2) is 5.44. The van der Waals surface area contributed by atoms with E-state index in [1.165, 1.54) is 0 Å². The van der Waals surface area contributed by atoms with Crippen LogP contribution in [0.15, 0.2) is 54.7 Å². The minimum atomic E-state index is 0.0426. The van der Waals surface area contributed by atoms with Gasteiger partial charge in [0.25, 0.3) is 0 Å². The number of aromatic nitrogens is 1. The van der Waals surface area contributed by atoms with Gasteiger partial charge in [0, 0.05) is 34.8 Å². The van der Waals surface area contributed by atoms with E-state index >= 15 is 0 Å². The van der Waals surface area contributed by atoms with Gasteiger partial charge < -0.3 is 9.30 Å². The normalized spacial score (nSPS) is 10.8. The molecule has 0 atom stereocenters. The average Bonchev–Trinajstić information content (AvgIpc) is 2.92. The zero-order chi connectivity index (χ0) is 14.8. The van der Waals surface area contributed by atoms with Gasteiger partial charge in [-0.1, -0.05) is 30.3 Å². The van der Waals surface area contributed by atoms with Crippen molar-refractivity contribution in [2.45, 2.75) is 13.5 Å². The maximum atomic E-state index is 12.7. The summed E-state index contributed by atoms with van der Waals surface area (Å²) in [5, 5.41) is 0.935. The molecular formula is C18H17NO2. The van der Waals surface area contributed by atoms with Crippen molar-refractivity contribution in [1.29, 1.82) is 0 Å². The Labute approximate surface area is 123 Å². The average molecular weight is 279 g/mol. The lowest BCUT2D eigenvalue weighted by Crippen LogP contribution is -2.00. The topological polar surface area (TPSA) is 31.2 Å². The standard InChI is InChI=1S/C18H17NO2/c1-3-19-12-16(18(20)13-7-5-4-6-8-13)15-11-14(21-2)9-10-17(15)19/h4-12H,3H2,1-2H3. The predicted octanol–water partition coefficient (Wildman–Crippen LogP) is 3.90. The summed E-state index contributed by atoms with van der Waals surface area (Å²) in [5.41, 5.74) is 2.48. The van der Waals surface area contributed by atoms with Crippen LogP contribution < -0.4 is 4.74 Å². The van der Waals surface area contributed by atoms with Crippen LogP contribution in [0.2, 0.25) is 0 Å². The molecule has 0 bridgehead atoms. The quantitative estimate of drug-likeness (QED) is 0.678. The summed E-state index contributed by atoms with van der Waals surface area (Å²) in [6.07, 6.45) is 1.93. The Morgan fingerprint density at radius 3 is 2.57 bits per heavy atom. The molecule has 21 heavy (non-hydrogen) atoms. The third kappa shape index (κ3) is 2.31. The molecule has 3 heteroatoms. The van der Waals surface area contributed by atoms with Gasteiger partial charge in [0.2, 0.25) is 0 Å². The molecule has 0 amide bonds. The highest BCUT2D eigenvalue weighted by atomic mass is 16.5. The summed E-state index contributed by atoms with van der Waals surface area (Å²) in [6, 6.07) is 15.2. The SMILES string of the molecule is CCn1cc(C(=O)c2ccccc2)c2cc(OC)ccc21. The first-order chi connectivity index (χ1) is 10.2. The number of methoxy groups -OCH3 is 1. The van der Waals surface area contributed by atoms with E-state index in [9.17, 15) is 4.79 Å². The highest BCUT2D eigenvalue weighted by Gasteiger charge is 2.16. The molecular weight excluding hydrogens is 262 g/mol. The molecule has 3 rings (SSSR count). The first-order valence-corrected chi connectivity index (χ1v) is 7.01. The summed E-state index contributed by atoms with van der Waals surface area (Å²) in [5.74, 6) is 0.805. The molecule has 0 fully saturated rings. The summed E-state index contributed by atoms with van der Waals surface area (Å²) in [4.78, 5) is 12.7. The molecule has 0 radical (unpaired) electrons. The van der Waals surface area contributed by atoms with E-state index in [4.69, 9.17) is 4.74 Å². The Hall–Kier alpha value is -2.55. The van der Waals surface area contributed by atoms with E-state index in [2.05, 4.69) is 11.5 Å². The molecule has 0 aliphatic heterocycles. The Morgan fingerprint density at radius 1 is 1.14 bits per heavy atom. The predicted molar refractivity (Wildman–Crippen MR) is 84.0 cm³/mol. The van der Waals surface area contributed by atoms with E-state index < -0.39 is 0 Å². The van der Waals surface area contributed by atoms with Crippen LogP contribution in [0.4, 0.5) is 0 Å². The highest BCUT2D eigenvalue weighted by molar-refractivity contribution is 6.16. The van der Waals surface area contributed by atoms with E-state index in [1.807, 2.05) is 54.7 Å². The molecule has 0 aliphatic rings. The number of aryl methyl sites for hydroxylation is 1.